The predicted octanol–water partition coefficient (Wildman–Crippen LogP) is 3.38. The molecule has 0 saturated heterocycles. The molecule has 2 aromatic heterocycles. The van der Waals surface area contributed by atoms with E-state index in [0.717, 1.165) is 25.0 Å². The van der Waals surface area contributed by atoms with Crippen molar-refractivity contribution in [3.8, 4) is 0 Å². The number of hydrogen-bond acceptors (Lipinski definition) is 5. The number of carbonyl (C=O) groups is 1. The van der Waals surface area contributed by atoms with Crippen LogP contribution in [0.1, 0.15) is 34.0 Å². The van der Waals surface area contributed by atoms with Gasteiger partial charge < -0.3 is 4.42 Å². The second-order valence-corrected chi connectivity index (χ2v) is 6.60. The van der Waals surface area contributed by atoms with Crippen LogP contribution in [-0.2, 0) is 12.8 Å². The average molecular weight is 326 g/mol. The van der Waals surface area contributed by atoms with Crippen LogP contribution in [-0.4, -0.2) is 10.9 Å². The summed E-state index contributed by atoms with van der Waals surface area (Å²) in [4.78, 5) is 30.1. The molecule has 0 saturated carbocycles. The van der Waals surface area contributed by atoms with Crippen LogP contribution in [0.5, 0.6) is 0 Å². The van der Waals surface area contributed by atoms with Crippen molar-refractivity contribution in [2.75, 3.05) is 5.32 Å². The molecule has 0 spiro atoms. The molecular weight excluding hydrogens is 312 g/mol. The second kappa shape index (κ2) is 5.62. The highest BCUT2D eigenvalue weighted by Gasteiger charge is 2.18. The first kappa shape index (κ1) is 14.1. The molecule has 1 aromatic carbocycles. The number of thiazole rings is 1. The van der Waals surface area contributed by atoms with E-state index in [-0.39, 0.29) is 11.2 Å². The van der Waals surface area contributed by atoms with Crippen LogP contribution in [0.15, 0.2) is 39.5 Å². The van der Waals surface area contributed by atoms with Crippen molar-refractivity contribution in [3.05, 3.63) is 56.9 Å². The third kappa shape index (κ3) is 2.66. The van der Waals surface area contributed by atoms with Gasteiger partial charge in [-0.15, -0.1) is 11.3 Å². The van der Waals surface area contributed by atoms with Gasteiger partial charge in [0.05, 0.1) is 11.1 Å². The van der Waals surface area contributed by atoms with E-state index in [4.69, 9.17) is 4.42 Å². The van der Waals surface area contributed by atoms with Crippen LogP contribution in [0.4, 0.5) is 5.13 Å². The Morgan fingerprint density at radius 3 is 2.91 bits per heavy atom. The SMILES string of the molecule is O=C(Nc1nc2c(s1)CCCC2)c1cc(=O)c2ccccc2o1. The topological polar surface area (TPSA) is 72.2 Å². The summed E-state index contributed by atoms with van der Waals surface area (Å²) in [6.07, 6.45) is 4.30. The van der Waals surface area contributed by atoms with Crippen LogP contribution in [0.2, 0.25) is 0 Å². The molecule has 0 unspecified atom stereocenters. The summed E-state index contributed by atoms with van der Waals surface area (Å²) in [5.74, 6) is -0.444. The van der Waals surface area contributed by atoms with E-state index in [9.17, 15) is 9.59 Å². The number of nitrogens with zero attached hydrogens (tertiary/aromatic N) is 1. The monoisotopic (exact) mass is 326 g/mol. The Morgan fingerprint density at radius 2 is 2.04 bits per heavy atom. The molecule has 4 rings (SSSR count). The van der Waals surface area contributed by atoms with E-state index >= 15 is 0 Å². The summed E-state index contributed by atoms with van der Waals surface area (Å²) in [6, 6.07) is 8.11. The predicted molar refractivity (Wildman–Crippen MR) is 89.2 cm³/mol. The van der Waals surface area contributed by atoms with Gasteiger partial charge in [-0.2, -0.15) is 0 Å². The molecule has 3 aromatic rings. The molecule has 0 bridgehead atoms. The van der Waals surface area contributed by atoms with Crippen molar-refractivity contribution < 1.29 is 9.21 Å². The summed E-state index contributed by atoms with van der Waals surface area (Å²) in [7, 11) is 0. The van der Waals surface area contributed by atoms with Gasteiger partial charge in [-0.05, 0) is 37.8 Å². The fourth-order valence-electron chi connectivity index (χ4n) is 2.78. The summed E-state index contributed by atoms with van der Waals surface area (Å²) in [6.45, 7) is 0. The smallest absolute Gasteiger partial charge is 0.293 e. The lowest BCUT2D eigenvalue weighted by Gasteiger charge is -2.06. The first-order valence-electron chi connectivity index (χ1n) is 7.53. The normalized spacial score (nSPS) is 13.7. The van der Waals surface area contributed by atoms with Crippen molar-refractivity contribution in [2.45, 2.75) is 25.7 Å². The minimum atomic E-state index is -0.445. The fourth-order valence-corrected chi connectivity index (χ4v) is 3.82. The quantitative estimate of drug-likeness (QED) is 0.783. The first-order valence-corrected chi connectivity index (χ1v) is 8.35. The highest BCUT2D eigenvalue weighted by Crippen LogP contribution is 2.29. The number of aromatic nitrogens is 1. The van der Waals surface area contributed by atoms with Crippen LogP contribution >= 0.6 is 11.3 Å². The van der Waals surface area contributed by atoms with Crippen LogP contribution in [0.25, 0.3) is 11.0 Å². The molecule has 1 aliphatic carbocycles. The lowest BCUT2D eigenvalue weighted by atomic mass is 10.0. The fraction of sp³-hybridized carbons (Fsp3) is 0.235. The maximum absolute atomic E-state index is 12.3. The molecule has 116 valence electrons. The summed E-state index contributed by atoms with van der Waals surface area (Å²) >= 11 is 1.50. The Hall–Kier alpha value is -2.47. The molecule has 23 heavy (non-hydrogen) atoms. The van der Waals surface area contributed by atoms with E-state index in [0.29, 0.717) is 16.1 Å². The highest BCUT2D eigenvalue weighted by molar-refractivity contribution is 7.15. The minimum Gasteiger partial charge on any atom is -0.451 e. The molecular formula is C17H14N2O3S. The average Bonchev–Trinajstić information content (AvgIpc) is 2.97. The maximum atomic E-state index is 12.3. The number of hydrogen-bond donors (Lipinski definition) is 1. The Balaban J connectivity index is 1.64. The zero-order valence-electron chi connectivity index (χ0n) is 12.3. The van der Waals surface area contributed by atoms with E-state index in [1.165, 1.54) is 28.7 Å². The first-order chi connectivity index (χ1) is 11.2. The Kier molecular flexibility index (Phi) is 3.46. The lowest BCUT2D eigenvalue weighted by Crippen LogP contribution is -2.14. The highest BCUT2D eigenvalue weighted by atomic mass is 32.1. The maximum Gasteiger partial charge on any atom is 0.293 e. The van der Waals surface area contributed by atoms with Crippen molar-refractivity contribution in [2.24, 2.45) is 0 Å². The van der Waals surface area contributed by atoms with Crippen LogP contribution in [0.3, 0.4) is 0 Å². The van der Waals surface area contributed by atoms with Crippen molar-refractivity contribution in [3.63, 3.8) is 0 Å². The number of nitrogens with one attached hydrogen (secondary N) is 1. The van der Waals surface area contributed by atoms with Gasteiger partial charge in [0.2, 0.25) is 0 Å². The zero-order chi connectivity index (χ0) is 15.8. The third-order valence-corrected chi connectivity index (χ3v) is 5.00. The molecule has 0 aliphatic heterocycles. The van der Waals surface area contributed by atoms with Gasteiger partial charge in [-0.25, -0.2) is 4.98 Å². The van der Waals surface area contributed by atoms with Gasteiger partial charge in [0.1, 0.15) is 5.58 Å². The van der Waals surface area contributed by atoms with Gasteiger partial charge in [-0.1, -0.05) is 12.1 Å². The van der Waals surface area contributed by atoms with E-state index < -0.39 is 5.91 Å². The number of aryl methyl sites for hydroxylation is 2. The molecule has 1 N–H and O–H groups in total. The van der Waals surface area contributed by atoms with E-state index in [2.05, 4.69) is 10.3 Å². The molecule has 6 heteroatoms. The largest absolute Gasteiger partial charge is 0.451 e. The molecule has 2 heterocycles. The zero-order valence-corrected chi connectivity index (χ0v) is 13.1. The van der Waals surface area contributed by atoms with Gasteiger partial charge >= 0.3 is 0 Å². The lowest BCUT2D eigenvalue weighted by molar-refractivity contribution is 0.0997. The Bertz CT molecular complexity index is 934. The molecule has 0 radical (unpaired) electrons. The molecule has 0 atom stereocenters. The standard InChI is InChI=1S/C17H14N2O3S/c20-12-9-14(22-13-7-3-1-5-10(12)13)16(21)19-17-18-11-6-2-4-8-15(11)23-17/h1,3,5,7,9H,2,4,6,8H2,(H,18,19,21). The van der Waals surface area contributed by atoms with Crippen molar-refractivity contribution >= 4 is 33.3 Å². The number of anilines is 1. The van der Waals surface area contributed by atoms with E-state index in [1.807, 2.05) is 0 Å². The molecule has 1 amide bonds. The molecule has 0 fully saturated rings. The van der Waals surface area contributed by atoms with E-state index in [1.54, 1.807) is 24.3 Å². The summed E-state index contributed by atoms with van der Waals surface area (Å²) < 4.78 is 5.54. The number of para-hydroxylation sites is 1. The summed E-state index contributed by atoms with van der Waals surface area (Å²) in [5, 5.41) is 3.78. The number of benzene rings is 1. The number of amides is 1. The van der Waals surface area contributed by atoms with Gasteiger partial charge in [0.15, 0.2) is 16.3 Å². The van der Waals surface area contributed by atoms with Crippen molar-refractivity contribution in [1.82, 2.24) is 4.98 Å². The minimum absolute atomic E-state index is 0.00173. The van der Waals surface area contributed by atoms with Crippen molar-refractivity contribution in [1.29, 1.82) is 0 Å². The molecule has 5 nitrogen and oxygen atoms in total. The number of rotatable bonds is 2. The van der Waals surface area contributed by atoms with Crippen LogP contribution < -0.4 is 10.7 Å². The third-order valence-electron chi connectivity index (χ3n) is 3.92. The van der Waals surface area contributed by atoms with Gasteiger partial charge in [-0.3, -0.25) is 14.9 Å². The van der Waals surface area contributed by atoms with Gasteiger partial charge in [0.25, 0.3) is 5.91 Å². The number of fused-ring (bicyclic) bond motifs is 2. The Labute approximate surface area is 136 Å². The van der Waals surface area contributed by atoms with Gasteiger partial charge in [0, 0.05) is 10.9 Å². The molecule has 1 aliphatic rings. The second-order valence-electron chi connectivity index (χ2n) is 5.52. The number of carbonyl (C=O) groups excluding carboxylic acids is 1. The Morgan fingerprint density at radius 1 is 1.22 bits per heavy atom. The van der Waals surface area contributed by atoms with Crippen LogP contribution in [0, 0.1) is 0 Å². The summed E-state index contributed by atoms with van der Waals surface area (Å²) in [5.41, 5.74) is 1.26.